The Morgan fingerprint density at radius 3 is 2.57 bits per heavy atom. The van der Waals surface area contributed by atoms with E-state index in [0.717, 1.165) is 50.1 Å². The topological polar surface area (TPSA) is 54.7 Å². The van der Waals surface area contributed by atoms with E-state index in [1.54, 1.807) is 7.11 Å². The number of ether oxygens (including phenoxy) is 1. The SMILES string of the molecule is CC.COc1cc(CN2CCNCC2)cc2nnc(C)n12. The minimum atomic E-state index is 0.796. The van der Waals surface area contributed by atoms with Crippen LogP contribution in [0, 0.1) is 6.92 Å². The van der Waals surface area contributed by atoms with Crippen molar-refractivity contribution in [3.8, 4) is 5.88 Å². The number of rotatable bonds is 3. The summed E-state index contributed by atoms with van der Waals surface area (Å²) in [6, 6.07) is 4.16. The van der Waals surface area contributed by atoms with E-state index >= 15 is 0 Å². The van der Waals surface area contributed by atoms with E-state index in [0.29, 0.717) is 0 Å². The van der Waals surface area contributed by atoms with Gasteiger partial charge in [-0.2, -0.15) is 0 Å². The molecule has 6 nitrogen and oxygen atoms in total. The van der Waals surface area contributed by atoms with Crippen LogP contribution in [0.1, 0.15) is 25.2 Å². The summed E-state index contributed by atoms with van der Waals surface area (Å²) in [6.07, 6.45) is 0. The predicted molar refractivity (Wildman–Crippen MR) is 83.8 cm³/mol. The highest BCUT2D eigenvalue weighted by molar-refractivity contribution is 5.46. The van der Waals surface area contributed by atoms with Gasteiger partial charge in [0.2, 0.25) is 5.88 Å². The van der Waals surface area contributed by atoms with Gasteiger partial charge < -0.3 is 10.1 Å². The lowest BCUT2D eigenvalue weighted by Gasteiger charge is -2.27. The zero-order chi connectivity index (χ0) is 15.2. The third-order valence-electron chi connectivity index (χ3n) is 3.52. The minimum absolute atomic E-state index is 0.796. The summed E-state index contributed by atoms with van der Waals surface area (Å²) in [5.74, 6) is 1.64. The number of fused-ring (bicyclic) bond motifs is 1. The molecule has 0 aliphatic carbocycles. The average Bonchev–Trinajstić information content (AvgIpc) is 2.91. The third kappa shape index (κ3) is 3.51. The first-order chi connectivity index (χ1) is 10.3. The fourth-order valence-electron chi connectivity index (χ4n) is 2.54. The number of methoxy groups -OCH3 is 1. The molecule has 2 aromatic rings. The molecule has 3 heterocycles. The smallest absolute Gasteiger partial charge is 0.200 e. The Morgan fingerprint density at radius 1 is 1.19 bits per heavy atom. The Bertz CT molecular complexity index is 575. The Hall–Kier alpha value is -1.66. The summed E-state index contributed by atoms with van der Waals surface area (Å²) in [5, 5.41) is 11.6. The lowest BCUT2D eigenvalue weighted by Crippen LogP contribution is -2.42. The molecule has 1 aliphatic rings. The summed E-state index contributed by atoms with van der Waals surface area (Å²) in [4.78, 5) is 2.44. The maximum atomic E-state index is 5.45. The molecule has 0 unspecified atom stereocenters. The Balaban J connectivity index is 0.000000774. The quantitative estimate of drug-likeness (QED) is 0.928. The van der Waals surface area contributed by atoms with Gasteiger partial charge in [0.1, 0.15) is 5.82 Å². The molecule has 0 bridgehead atoms. The van der Waals surface area contributed by atoms with E-state index < -0.39 is 0 Å². The van der Waals surface area contributed by atoms with Crippen molar-refractivity contribution in [3.63, 3.8) is 0 Å². The number of aromatic nitrogens is 3. The van der Waals surface area contributed by atoms with Gasteiger partial charge >= 0.3 is 0 Å². The van der Waals surface area contributed by atoms with Crippen molar-refractivity contribution in [2.24, 2.45) is 0 Å². The van der Waals surface area contributed by atoms with Gasteiger partial charge in [-0.05, 0) is 18.6 Å². The van der Waals surface area contributed by atoms with Crippen LogP contribution in [0.2, 0.25) is 0 Å². The van der Waals surface area contributed by atoms with Gasteiger partial charge in [-0.25, -0.2) is 4.40 Å². The highest BCUT2D eigenvalue weighted by Gasteiger charge is 2.13. The molecular weight excluding hydrogens is 266 g/mol. The summed E-state index contributed by atoms with van der Waals surface area (Å²) in [7, 11) is 1.68. The fraction of sp³-hybridized carbons (Fsp3) is 0.600. The van der Waals surface area contributed by atoms with Crippen molar-refractivity contribution in [2.45, 2.75) is 27.3 Å². The van der Waals surface area contributed by atoms with E-state index in [2.05, 4.69) is 32.5 Å². The molecule has 3 rings (SSSR count). The standard InChI is InChI=1S/C13H19N5O.C2H6/c1-10-15-16-12-7-11(8-13(19-2)18(10)12)9-17-5-3-14-4-6-17;1-2/h7-8,14H,3-6,9H2,1-2H3;1-2H3. The van der Waals surface area contributed by atoms with Crippen LogP contribution in [-0.4, -0.2) is 52.8 Å². The number of nitrogens with zero attached hydrogens (tertiary/aromatic N) is 4. The van der Waals surface area contributed by atoms with Crippen LogP contribution >= 0.6 is 0 Å². The second-order valence-electron chi connectivity index (χ2n) is 4.87. The highest BCUT2D eigenvalue weighted by atomic mass is 16.5. The first-order valence-electron chi connectivity index (χ1n) is 7.59. The van der Waals surface area contributed by atoms with Crippen LogP contribution < -0.4 is 10.1 Å². The Kier molecular flexibility index (Phi) is 5.52. The lowest BCUT2D eigenvalue weighted by molar-refractivity contribution is 0.233. The average molecular weight is 291 g/mol. The molecule has 0 amide bonds. The van der Waals surface area contributed by atoms with Crippen molar-refractivity contribution in [1.29, 1.82) is 0 Å². The van der Waals surface area contributed by atoms with Crippen LogP contribution in [0.4, 0.5) is 0 Å². The first kappa shape index (κ1) is 15.7. The van der Waals surface area contributed by atoms with Gasteiger partial charge in [-0.3, -0.25) is 4.90 Å². The van der Waals surface area contributed by atoms with Crippen molar-refractivity contribution in [2.75, 3.05) is 33.3 Å². The fourth-order valence-corrected chi connectivity index (χ4v) is 2.54. The molecule has 0 aromatic carbocycles. The van der Waals surface area contributed by atoms with Gasteiger partial charge in [0.25, 0.3) is 0 Å². The summed E-state index contributed by atoms with van der Waals surface area (Å²) in [6.45, 7) is 11.1. The second-order valence-corrected chi connectivity index (χ2v) is 4.87. The Morgan fingerprint density at radius 2 is 1.90 bits per heavy atom. The molecule has 1 aliphatic heterocycles. The van der Waals surface area contributed by atoms with Crippen LogP contribution in [0.5, 0.6) is 5.88 Å². The molecule has 0 saturated carbocycles. The lowest BCUT2D eigenvalue weighted by atomic mass is 10.2. The van der Waals surface area contributed by atoms with Gasteiger partial charge in [0.05, 0.1) is 7.11 Å². The summed E-state index contributed by atoms with van der Waals surface area (Å²) in [5.41, 5.74) is 2.07. The van der Waals surface area contributed by atoms with Crippen LogP contribution in [0.3, 0.4) is 0 Å². The number of piperazine rings is 1. The molecule has 0 radical (unpaired) electrons. The molecule has 1 saturated heterocycles. The van der Waals surface area contributed by atoms with Crippen molar-refractivity contribution >= 4 is 5.65 Å². The minimum Gasteiger partial charge on any atom is -0.482 e. The van der Waals surface area contributed by atoms with Crippen LogP contribution in [0.25, 0.3) is 5.65 Å². The van der Waals surface area contributed by atoms with Crippen LogP contribution in [-0.2, 0) is 6.54 Å². The van der Waals surface area contributed by atoms with E-state index in [-0.39, 0.29) is 0 Å². The molecule has 0 spiro atoms. The molecule has 21 heavy (non-hydrogen) atoms. The number of hydrogen-bond donors (Lipinski definition) is 1. The summed E-state index contributed by atoms with van der Waals surface area (Å²) >= 11 is 0. The largest absolute Gasteiger partial charge is 0.482 e. The second kappa shape index (κ2) is 7.38. The van der Waals surface area contributed by atoms with Gasteiger partial charge in [-0.1, -0.05) is 13.8 Å². The number of pyridine rings is 1. The van der Waals surface area contributed by atoms with Crippen molar-refractivity contribution in [3.05, 3.63) is 23.5 Å². The molecule has 1 fully saturated rings. The van der Waals surface area contributed by atoms with Gasteiger partial charge in [-0.15, -0.1) is 10.2 Å². The predicted octanol–water partition coefficient (Wildman–Crippen LogP) is 1.48. The molecule has 116 valence electrons. The zero-order valence-corrected chi connectivity index (χ0v) is 13.4. The van der Waals surface area contributed by atoms with E-state index in [4.69, 9.17) is 4.74 Å². The monoisotopic (exact) mass is 291 g/mol. The van der Waals surface area contributed by atoms with E-state index in [1.165, 1.54) is 5.56 Å². The number of hydrogen-bond acceptors (Lipinski definition) is 5. The van der Waals surface area contributed by atoms with Gasteiger partial charge in [0, 0.05) is 38.8 Å². The van der Waals surface area contributed by atoms with Crippen molar-refractivity contribution in [1.82, 2.24) is 24.8 Å². The first-order valence-corrected chi connectivity index (χ1v) is 7.59. The summed E-state index contributed by atoms with van der Waals surface area (Å²) < 4.78 is 7.38. The maximum Gasteiger partial charge on any atom is 0.200 e. The molecule has 1 N–H and O–H groups in total. The molecule has 6 heteroatoms. The van der Waals surface area contributed by atoms with Gasteiger partial charge in [0.15, 0.2) is 5.65 Å². The third-order valence-corrected chi connectivity index (χ3v) is 3.52. The van der Waals surface area contributed by atoms with Crippen LogP contribution in [0.15, 0.2) is 12.1 Å². The molecule has 0 atom stereocenters. The molecule has 2 aromatic heterocycles. The highest BCUT2D eigenvalue weighted by Crippen LogP contribution is 2.19. The zero-order valence-electron chi connectivity index (χ0n) is 13.4. The van der Waals surface area contributed by atoms with E-state index in [1.807, 2.05) is 25.2 Å². The normalized spacial score (nSPS) is 15.6. The van der Waals surface area contributed by atoms with Crippen molar-refractivity contribution < 1.29 is 4.74 Å². The number of nitrogens with one attached hydrogen (secondary N) is 1. The Labute approximate surface area is 126 Å². The molecular formula is C15H25N5O. The number of aryl methyl sites for hydroxylation is 1. The maximum absolute atomic E-state index is 5.45. The van der Waals surface area contributed by atoms with E-state index in [9.17, 15) is 0 Å².